The van der Waals surface area contributed by atoms with E-state index >= 15 is 0 Å². The maximum atomic E-state index is 8.52. The third-order valence-corrected chi connectivity index (χ3v) is 11.8. The number of pyridine rings is 6. The van der Waals surface area contributed by atoms with E-state index in [0.717, 1.165) is 33.1 Å². The van der Waals surface area contributed by atoms with Crippen LogP contribution in [-0.4, -0.2) is 47.4 Å². The van der Waals surface area contributed by atoms with Crippen LogP contribution >= 0.6 is 0 Å². The van der Waals surface area contributed by atoms with Gasteiger partial charge < -0.3 is 9.11 Å². The molecular weight excluding hydrogens is 815 g/mol. The number of hydrogen-bond donors (Lipinski definition) is 0. The molecule has 0 spiro atoms. The number of nitrogens with zero attached hydrogens (tertiary/aromatic N) is 6. The first-order valence-electron chi connectivity index (χ1n) is 19.3. The molecule has 3 aromatic carbocycles. The molecule has 9 rings (SSSR count). The Morgan fingerprint density at radius 2 is 0.433 bits per heavy atom. The van der Waals surface area contributed by atoms with Crippen molar-refractivity contribution in [3.8, 4) is 0 Å². The van der Waals surface area contributed by atoms with E-state index in [2.05, 4.69) is 149 Å². The summed E-state index contributed by atoms with van der Waals surface area (Å²) >= 11 is 0. The van der Waals surface area contributed by atoms with E-state index in [1.165, 1.54) is 99.1 Å². The number of rotatable bonds is 0. The van der Waals surface area contributed by atoms with Crippen LogP contribution in [0.1, 0.15) is 66.8 Å². The van der Waals surface area contributed by atoms with Crippen molar-refractivity contribution in [3.63, 3.8) is 0 Å². The number of aryl methyl sites for hydroxylation is 12. The molecule has 0 saturated carbocycles. The summed E-state index contributed by atoms with van der Waals surface area (Å²) in [6.45, 7) is 25.5. The molecule has 0 bridgehead atoms. The first kappa shape index (κ1) is 45.6. The van der Waals surface area contributed by atoms with Gasteiger partial charge in [-0.05, 0) is 150 Å². The third-order valence-electron chi connectivity index (χ3n) is 11.8. The molecule has 0 atom stereocenters. The number of fused-ring (bicyclic) bond motifs is 9. The quantitative estimate of drug-likeness (QED) is 0.0622. The molecule has 0 aliphatic rings. The van der Waals surface area contributed by atoms with E-state index in [0.29, 0.717) is 0 Å². The summed E-state index contributed by atoms with van der Waals surface area (Å²) in [6.07, 6.45) is 11.6. The summed E-state index contributed by atoms with van der Waals surface area (Å²) in [4.78, 5) is 27.5. The van der Waals surface area contributed by atoms with E-state index in [4.69, 9.17) is 17.5 Å². The van der Waals surface area contributed by atoms with Crippen LogP contribution in [0.5, 0.6) is 0 Å². The van der Waals surface area contributed by atoms with Crippen LogP contribution in [0, 0.1) is 83.1 Å². The Kier molecular flexibility index (Phi) is 13.7. The van der Waals surface area contributed by atoms with Crippen LogP contribution in [-0.2, 0) is 26.9 Å². The standard InChI is InChI=1S/3C16H16N2.Ni.H2O4S/c3*1-9-7-17-15-13(11(9)3)5-6-14-12(4)10(2)8-18-16(14)15;;1-5(2,3)4/h3*5-8H,1-4H3;;(H2,1,2,3,4)/q;;;+2;/p-2. The first-order valence-corrected chi connectivity index (χ1v) is 20.6. The zero-order valence-corrected chi connectivity index (χ0v) is 37.8. The van der Waals surface area contributed by atoms with Gasteiger partial charge in [0.2, 0.25) is 0 Å². The van der Waals surface area contributed by atoms with E-state index in [1.807, 2.05) is 37.2 Å². The molecule has 0 unspecified atom stereocenters. The van der Waals surface area contributed by atoms with Crippen LogP contribution in [0.3, 0.4) is 0 Å². The van der Waals surface area contributed by atoms with Crippen molar-refractivity contribution in [1.82, 2.24) is 29.9 Å². The maximum Gasteiger partial charge on any atom is 2.00 e. The van der Waals surface area contributed by atoms with Crippen molar-refractivity contribution in [2.24, 2.45) is 0 Å². The second kappa shape index (κ2) is 18.0. The van der Waals surface area contributed by atoms with E-state index in [-0.39, 0.29) is 16.5 Å². The monoisotopic (exact) mass is 862 g/mol. The Balaban J connectivity index is 0.000000160. The van der Waals surface area contributed by atoms with E-state index in [1.54, 1.807) is 0 Å². The maximum absolute atomic E-state index is 8.52. The number of benzene rings is 3. The zero-order chi connectivity index (χ0) is 43.1. The van der Waals surface area contributed by atoms with Gasteiger partial charge >= 0.3 is 16.5 Å². The fraction of sp³-hybridized carbons (Fsp3) is 0.250. The average molecular weight is 864 g/mol. The SMILES string of the molecule is Cc1cnc2c(ccc3c(C)c(C)cnc32)c1C.Cc1cnc2c(ccc3c(C)c(C)cnc32)c1C.Cc1cnc2c(ccc3c(C)c(C)cnc32)c1C.O=S(=O)([O-])[O-].[Ni+2]. The van der Waals surface area contributed by atoms with Crippen molar-refractivity contribution < 1.29 is 34.0 Å². The zero-order valence-electron chi connectivity index (χ0n) is 36.0. The average Bonchev–Trinajstić information content (AvgIpc) is 3.19. The van der Waals surface area contributed by atoms with Gasteiger partial charge in [-0.25, -0.2) is 0 Å². The van der Waals surface area contributed by atoms with Crippen molar-refractivity contribution >= 4 is 75.8 Å². The normalized spacial score (nSPS) is 11.2. The third kappa shape index (κ3) is 9.12. The molecule has 0 aliphatic carbocycles. The molecule has 9 aromatic rings. The minimum Gasteiger partial charge on any atom is -0.759 e. The van der Waals surface area contributed by atoms with Crippen LogP contribution in [0.2, 0.25) is 0 Å². The van der Waals surface area contributed by atoms with Gasteiger partial charge in [0, 0.05) is 79.9 Å². The smallest absolute Gasteiger partial charge is 0.759 e. The molecule has 12 heteroatoms. The van der Waals surface area contributed by atoms with Crippen molar-refractivity contribution in [2.45, 2.75) is 83.1 Å². The van der Waals surface area contributed by atoms with Crippen LogP contribution in [0.15, 0.2) is 73.6 Å². The number of aromatic nitrogens is 6. The molecule has 0 fully saturated rings. The summed E-state index contributed by atoms with van der Waals surface area (Å²) in [5.41, 5.74) is 21.2. The van der Waals surface area contributed by atoms with Crippen molar-refractivity contribution in [3.05, 3.63) is 140 Å². The number of hydrogen-bond acceptors (Lipinski definition) is 10. The van der Waals surface area contributed by atoms with Gasteiger partial charge in [-0.2, -0.15) is 0 Å². The van der Waals surface area contributed by atoms with E-state index in [9.17, 15) is 0 Å². The van der Waals surface area contributed by atoms with E-state index < -0.39 is 10.4 Å². The second-order valence-corrected chi connectivity index (χ2v) is 16.2. The summed E-state index contributed by atoms with van der Waals surface area (Å²) < 4.78 is 34.1. The van der Waals surface area contributed by atoms with Gasteiger partial charge in [-0.3, -0.25) is 38.3 Å². The Morgan fingerprint density at radius 1 is 0.317 bits per heavy atom. The predicted octanol–water partition coefficient (Wildman–Crippen LogP) is 10.7. The molecule has 6 aromatic heterocycles. The van der Waals surface area contributed by atoms with Crippen LogP contribution < -0.4 is 0 Å². The topological polar surface area (TPSA) is 158 Å². The summed E-state index contributed by atoms with van der Waals surface area (Å²) in [5, 5.41) is 7.24. The summed E-state index contributed by atoms with van der Waals surface area (Å²) in [7, 11) is -5.17. The molecule has 310 valence electrons. The van der Waals surface area contributed by atoms with Gasteiger partial charge in [0.1, 0.15) is 0 Å². The molecule has 6 heterocycles. The summed E-state index contributed by atoms with van der Waals surface area (Å²) in [6, 6.07) is 13.0. The molecular formula is C48H48N6NiO4S. The van der Waals surface area contributed by atoms with Crippen LogP contribution in [0.4, 0.5) is 0 Å². The Labute approximate surface area is 361 Å². The minimum absolute atomic E-state index is 0. The van der Waals surface area contributed by atoms with Gasteiger partial charge in [0.15, 0.2) is 0 Å². The largest absolute Gasteiger partial charge is 2.00 e. The van der Waals surface area contributed by atoms with Crippen LogP contribution in [0.25, 0.3) is 65.4 Å². The van der Waals surface area contributed by atoms with Crippen molar-refractivity contribution in [2.75, 3.05) is 0 Å². The molecule has 60 heavy (non-hydrogen) atoms. The van der Waals surface area contributed by atoms with Gasteiger partial charge in [-0.15, -0.1) is 0 Å². The fourth-order valence-corrected chi connectivity index (χ4v) is 7.16. The molecule has 0 N–H and O–H groups in total. The molecule has 0 saturated heterocycles. The predicted molar refractivity (Wildman–Crippen MR) is 238 cm³/mol. The first-order chi connectivity index (χ1) is 27.8. The van der Waals surface area contributed by atoms with Crippen molar-refractivity contribution in [1.29, 1.82) is 0 Å². The van der Waals surface area contributed by atoms with Gasteiger partial charge in [0.25, 0.3) is 0 Å². The van der Waals surface area contributed by atoms with Gasteiger partial charge in [0.05, 0.1) is 33.1 Å². The Bertz CT molecular complexity index is 2720. The second-order valence-electron chi connectivity index (χ2n) is 15.4. The Hall–Kier alpha value is -5.52. The minimum atomic E-state index is -5.17. The summed E-state index contributed by atoms with van der Waals surface area (Å²) in [5.74, 6) is 0. The molecule has 0 amide bonds. The molecule has 0 radical (unpaired) electrons. The Morgan fingerprint density at radius 3 is 0.550 bits per heavy atom. The molecule has 10 nitrogen and oxygen atoms in total. The molecule has 0 aliphatic heterocycles. The van der Waals surface area contributed by atoms with Gasteiger partial charge in [-0.1, -0.05) is 36.4 Å². The fourth-order valence-electron chi connectivity index (χ4n) is 7.16.